The number of para-hydroxylation sites is 1. The van der Waals surface area contributed by atoms with Gasteiger partial charge in [-0.15, -0.1) is 0 Å². The minimum Gasteiger partial charge on any atom is -0.480 e. The quantitative estimate of drug-likeness (QED) is 0.661. The Kier molecular flexibility index (Phi) is 3.92. The first-order chi connectivity index (χ1) is 13.1. The molecular weight excluding hydrogens is 350 g/mol. The van der Waals surface area contributed by atoms with E-state index in [-0.39, 0.29) is 22.6 Å². The van der Waals surface area contributed by atoms with E-state index in [1.807, 2.05) is 18.2 Å². The largest absolute Gasteiger partial charge is 0.480 e. The molecule has 27 heavy (non-hydrogen) atoms. The number of fused-ring (bicyclic) bond motifs is 1. The predicted molar refractivity (Wildman–Crippen MR) is 92.5 cm³/mol. The third-order valence-corrected chi connectivity index (χ3v) is 4.07. The van der Waals surface area contributed by atoms with Gasteiger partial charge < -0.3 is 9.57 Å². The van der Waals surface area contributed by atoms with Crippen molar-refractivity contribution in [3.8, 4) is 11.6 Å². The molecule has 0 aliphatic carbocycles. The van der Waals surface area contributed by atoms with Crippen molar-refractivity contribution in [1.82, 2.24) is 14.8 Å². The van der Waals surface area contributed by atoms with Gasteiger partial charge in [0.1, 0.15) is 5.56 Å². The lowest BCUT2D eigenvalue weighted by molar-refractivity contribution is -0.0586. The summed E-state index contributed by atoms with van der Waals surface area (Å²) in [4.78, 5) is 42.3. The number of hydrogen-bond acceptors (Lipinski definition) is 6. The van der Waals surface area contributed by atoms with Crippen LogP contribution in [0.1, 0.15) is 31.1 Å². The molecule has 2 amide bonds. The molecule has 0 unspecified atom stereocenters. The van der Waals surface area contributed by atoms with E-state index in [0.29, 0.717) is 10.8 Å². The van der Waals surface area contributed by atoms with E-state index in [1.165, 1.54) is 30.1 Å². The number of aromatic nitrogens is 2. The van der Waals surface area contributed by atoms with Crippen LogP contribution < -0.4 is 4.74 Å². The number of hydroxylamine groups is 2. The molecule has 0 N–H and O–H groups in total. The van der Waals surface area contributed by atoms with Crippen LogP contribution in [0.4, 0.5) is 0 Å². The molecule has 1 aliphatic rings. The Hall–Kier alpha value is -3.94. The van der Waals surface area contributed by atoms with Gasteiger partial charge in [-0.05, 0) is 24.3 Å². The molecule has 3 aromatic rings. The van der Waals surface area contributed by atoms with Gasteiger partial charge in [0.05, 0.1) is 30.1 Å². The highest BCUT2D eigenvalue weighted by Gasteiger charge is 2.39. The number of ether oxygens (including phenoxy) is 1. The number of nitrogens with zero attached hydrogens (tertiary/aromatic N) is 3. The molecule has 0 radical (unpaired) electrons. The zero-order valence-electron chi connectivity index (χ0n) is 14.2. The molecular formula is C19H13N3O5. The Bertz CT molecular complexity index is 1020. The van der Waals surface area contributed by atoms with Gasteiger partial charge in [0.15, 0.2) is 0 Å². The zero-order valence-corrected chi connectivity index (χ0v) is 14.2. The normalized spacial score (nSPS) is 12.9. The van der Waals surface area contributed by atoms with Crippen molar-refractivity contribution < 1.29 is 24.0 Å². The minimum atomic E-state index is -0.927. The molecule has 1 aromatic heterocycles. The van der Waals surface area contributed by atoms with Gasteiger partial charge in [0.2, 0.25) is 5.88 Å². The summed E-state index contributed by atoms with van der Waals surface area (Å²) in [5.41, 5.74) is 1.02. The summed E-state index contributed by atoms with van der Waals surface area (Å²) in [6, 6.07) is 15.3. The summed E-state index contributed by atoms with van der Waals surface area (Å²) in [6.07, 6.45) is 1.26. The molecule has 0 fully saturated rings. The number of carbonyl (C=O) groups excluding carboxylic acids is 3. The Labute approximate surface area is 153 Å². The standard InChI is InChI=1S/C19H13N3O5/c1-26-18-15(11-20-21(18)12-7-3-2-4-8-12)19(25)27-22-16(23)13-9-5-6-10-14(13)17(22)24/h2-11H,1H3. The van der Waals surface area contributed by atoms with Crippen molar-refractivity contribution in [1.29, 1.82) is 0 Å². The average molecular weight is 363 g/mol. The first kappa shape index (κ1) is 16.5. The van der Waals surface area contributed by atoms with Crippen molar-refractivity contribution in [2.24, 2.45) is 0 Å². The lowest BCUT2D eigenvalue weighted by atomic mass is 10.1. The summed E-state index contributed by atoms with van der Waals surface area (Å²) in [7, 11) is 1.38. The lowest BCUT2D eigenvalue weighted by Crippen LogP contribution is -2.32. The van der Waals surface area contributed by atoms with E-state index in [4.69, 9.17) is 9.57 Å². The van der Waals surface area contributed by atoms with Gasteiger partial charge in [-0.1, -0.05) is 35.4 Å². The van der Waals surface area contributed by atoms with Gasteiger partial charge in [-0.25, -0.2) is 9.48 Å². The monoisotopic (exact) mass is 363 g/mol. The maximum Gasteiger partial charge on any atom is 0.371 e. The molecule has 0 saturated carbocycles. The van der Waals surface area contributed by atoms with Crippen molar-refractivity contribution in [3.63, 3.8) is 0 Å². The van der Waals surface area contributed by atoms with Crippen LogP contribution in [0.3, 0.4) is 0 Å². The summed E-state index contributed by atoms with van der Waals surface area (Å²) < 4.78 is 6.70. The van der Waals surface area contributed by atoms with Crippen LogP contribution in [-0.4, -0.2) is 39.7 Å². The molecule has 4 rings (SSSR count). The molecule has 134 valence electrons. The zero-order chi connectivity index (χ0) is 19.0. The summed E-state index contributed by atoms with van der Waals surface area (Å²) in [5.74, 6) is -2.19. The van der Waals surface area contributed by atoms with E-state index < -0.39 is 17.8 Å². The van der Waals surface area contributed by atoms with Gasteiger partial charge in [-0.2, -0.15) is 5.10 Å². The molecule has 2 heterocycles. The number of methoxy groups -OCH3 is 1. The third-order valence-electron chi connectivity index (χ3n) is 4.07. The Morgan fingerprint density at radius 1 is 0.926 bits per heavy atom. The number of hydrogen-bond donors (Lipinski definition) is 0. The fourth-order valence-electron chi connectivity index (χ4n) is 2.81. The minimum absolute atomic E-state index is 0.0158. The van der Waals surface area contributed by atoms with Crippen LogP contribution in [0.5, 0.6) is 5.88 Å². The summed E-state index contributed by atoms with van der Waals surface area (Å²) >= 11 is 0. The van der Waals surface area contributed by atoms with Gasteiger partial charge >= 0.3 is 5.97 Å². The lowest BCUT2D eigenvalue weighted by Gasteiger charge is -2.13. The molecule has 0 bridgehead atoms. The molecule has 0 spiro atoms. The third kappa shape index (κ3) is 2.63. The molecule has 0 saturated heterocycles. The molecule has 0 atom stereocenters. The molecule has 1 aliphatic heterocycles. The predicted octanol–water partition coefficient (Wildman–Crippen LogP) is 2.25. The van der Waals surface area contributed by atoms with Crippen LogP contribution in [0.15, 0.2) is 60.8 Å². The van der Waals surface area contributed by atoms with Crippen molar-refractivity contribution in [2.45, 2.75) is 0 Å². The van der Waals surface area contributed by atoms with Gasteiger partial charge in [0, 0.05) is 0 Å². The second-order valence-electron chi connectivity index (χ2n) is 5.64. The second kappa shape index (κ2) is 6.41. The van der Waals surface area contributed by atoms with Crippen LogP contribution in [0.2, 0.25) is 0 Å². The van der Waals surface area contributed by atoms with E-state index in [0.717, 1.165) is 0 Å². The highest BCUT2D eigenvalue weighted by Crippen LogP contribution is 2.26. The Morgan fingerprint density at radius 3 is 2.11 bits per heavy atom. The van der Waals surface area contributed by atoms with E-state index in [2.05, 4.69) is 5.10 Å². The Morgan fingerprint density at radius 2 is 1.52 bits per heavy atom. The van der Waals surface area contributed by atoms with Crippen LogP contribution in [0.25, 0.3) is 5.69 Å². The smallest absolute Gasteiger partial charge is 0.371 e. The van der Waals surface area contributed by atoms with Crippen molar-refractivity contribution >= 4 is 17.8 Å². The average Bonchev–Trinajstić information content (AvgIpc) is 3.24. The number of rotatable bonds is 4. The van der Waals surface area contributed by atoms with E-state index in [9.17, 15) is 14.4 Å². The first-order valence-electron chi connectivity index (χ1n) is 7.99. The first-order valence-corrected chi connectivity index (χ1v) is 7.99. The fourth-order valence-corrected chi connectivity index (χ4v) is 2.81. The highest BCUT2D eigenvalue weighted by molar-refractivity contribution is 6.21. The molecule has 8 nitrogen and oxygen atoms in total. The number of imide groups is 1. The second-order valence-corrected chi connectivity index (χ2v) is 5.64. The van der Waals surface area contributed by atoms with Crippen LogP contribution >= 0.6 is 0 Å². The van der Waals surface area contributed by atoms with Crippen molar-refractivity contribution in [3.05, 3.63) is 77.5 Å². The van der Waals surface area contributed by atoms with Crippen LogP contribution in [0, 0.1) is 0 Å². The van der Waals surface area contributed by atoms with Crippen molar-refractivity contribution in [2.75, 3.05) is 7.11 Å². The van der Waals surface area contributed by atoms with E-state index >= 15 is 0 Å². The van der Waals surface area contributed by atoms with Gasteiger partial charge in [-0.3, -0.25) is 9.59 Å². The highest BCUT2D eigenvalue weighted by atomic mass is 16.7. The fraction of sp³-hybridized carbons (Fsp3) is 0.0526. The van der Waals surface area contributed by atoms with E-state index in [1.54, 1.807) is 24.3 Å². The number of benzene rings is 2. The maximum absolute atomic E-state index is 12.6. The van der Waals surface area contributed by atoms with Gasteiger partial charge in [0.25, 0.3) is 11.8 Å². The molecule has 8 heteroatoms. The Balaban J connectivity index is 1.63. The topological polar surface area (TPSA) is 90.7 Å². The molecule has 2 aromatic carbocycles. The maximum atomic E-state index is 12.6. The number of carbonyl (C=O) groups is 3. The van der Waals surface area contributed by atoms with Crippen LogP contribution in [-0.2, 0) is 4.84 Å². The number of amides is 2. The summed E-state index contributed by atoms with van der Waals surface area (Å²) in [5, 5.41) is 4.58. The summed E-state index contributed by atoms with van der Waals surface area (Å²) in [6.45, 7) is 0. The SMILES string of the molecule is COc1c(C(=O)ON2C(=O)c3ccccc3C2=O)cnn1-c1ccccc1.